The zero-order chi connectivity index (χ0) is 25.6. The van der Waals surface area contributed by atoms with Gasteiger partial charge in [-0.2, -0.15) is 9.97 Å². The van der Waals surface area contributed by atoms with Crippen LogP contribution in [0, 0.1) is 0 Å². The number of hydrogen-bond donors (Lipinski definition) is 4. The molecule has 1 amide bonds. The number of carbonyl (C=O) groups is 1. The lowest BCUT2D eigenvalue weighted by molar-refractivity contribution is -0.133. The first-order chi connectivity index (χ1) is 17.2. The minimum atomic E-state index is -1.37. The number of nitrogen functional groups attached to an aromatic ring is 2. The van der Waals surface area contributed by atoms with E-state index in [1.54, 1.807) is 16.4 Å². The second-order valence-corrected chi connectivity index (χ2v) is 9.67. The van der Waals surface area contributed by atoms with Gasteiger partial charge in [-0.15, -0.1) is 0 Å². The number of imidazole rings is 2. The SMILES string of the molecule is CCCc1nc2ccccc2n1CC(=O)N1C[C@@H](O)C[C@@](C)(O)[C@H](n2cnc3c(N)nc(N)nc32)C1. The van der Waals surface area contributed by atoms with Crippen LogP contribution in [0.15, 0.2) is 30.6 Å². The van der Waals surface area contributed by atoms with E-state index in [0.717, 1.165) is 29.7 Å². The second kappa shape index (κ2) is 9.03. The zero-order valence-corrected chi connectivity index (χ0v) is 20.4. The van der Waals surface area contributed by atoms with Gasteiger partial charge in [-0.25, -0.2) is 9.97 Å². The second-order valence-electron chi connectivity index (χ2n) is 9.67. The lowest BCUT2D eigenvalue weighted by atomic mass is 9.91. The number of aliphatic hydroxyl groups is 2. The Morgan fingerprint density at radius 2 is 1.97 bits per heavy atom. The highest BCUT2D eigenvalue weighted by Crippen LogP contribution is 2.34. The van der Waals surface area contributed by atoms with E-state index in [0.29, 0.717) is 11.2 Å². The largest absolute Gasteiger partial charge is 0.391 e. The molecule has 190 valence electrons. The Balaban J connectivity index is 1.50. The number of aliphatic hydroxyl groups excluding tert-OH is 1. The first kappa shape index (κ1) is 23.9. The molecule has 0 unspecified atom stereocenters. The van der Waals surface area contributed by atoms with Crippen LogP contribution in [0.4, 0.5) is 11.8 Å². The number of fused-ring (bicyclic) bond motifs is 2. The molecule has 3 atom stereocenters. The average Bonchev–Trinajstić information content (AvgIpc) is 3.34. The fourth-order valence-electron chi connectivity index (χ4n) is 5.14. The molecule has 6 N–H and O–H groups in total. The van der Waals surface area contributed by atoms with E-state index in [1.807, 2.05) is 28.8 Å². The molecule has 0 spiro atoms. The van der Waals surface area contributed by atoms with Crippen molar-refractivity contribution in [2.75, 3.05) is 24.6 Å². The molecule has 1 aliphatic heterocycles. The number of nitrogens with zero attached hydrogens (tertiary/aromatic N) is 7. The van der Waals surface area contributed by atoms with Crippen LogP contribution in [0.25, 0.3) is 22.2 Å². The van der Waals surface area contributed by atoms with Gasteiger partial charge in [0.2, 0.25) is 11.9 Å². The maximum absolute atomic E-state index is 13.7. The fourth-order valence-corrected chi connectivity index (χ4v) is 5.14. The summed E-state index contributed by atoms with van der Waals surface area (Å²) < 4.78 is 3.60. The monoisotopic (exact) mass is 493 g/mol. The number of aromatic nitrogens is 6. The average molecular weight is 494 g/mol. The topological polar surface area (TPSA) is 174 Å². The normalized spacial score (nSPS) is 22.8. The minimum Gasteiger partial charge on any atom is -0.391 e. The molecular formula is C24H31N9O3. The standard InChI is InChI=1S/C24H31N9O3/c1-3-6-18-28-15-7-4-5-8-16(15)32(18)12-19(35)31-10-14(34)9-24(2,36)17(11-31)33-13-27-20-21(25)29-23(26)30-22(20)33/h4-5,7-8,13-14,17,34,36H,3,6,9-12H2,1-2H3,(H4,25,26,29,30)/t14-,17+,24+/m0/s1. The molecule has 36 heavy (non-hydrogen) atoms. The molecule has 12 nitrogen and oxygen atoms in total. The van der Waals surface area contributed by atoms with Crippen molar-refractivity contribution in [3.8, 4) is 0 Å². The van der Waals surface area contributed by atoms with Crippen LogP contribution < -0.4 is 11.5 Å². The molecule has 5 rings (SSSR count). The van der Waals surface area contributed by atoms with Gasteiger partial charge in [0.25, 0.3) is 0 Å². The van der Waals surface area contributed by atoms with Crippen molar-refractivity contribution in [1.29, 1.82) is 0 Å². The van der Waals surface area contributed by atoms with Crippen molar-refractivity contribution in [3.05, 3.63) is 36.4 Å². The highest BCUT2D eigenvalue weighted by Gasteiger charge is 2.42. The molecule has 0 bridgehead atoms. The molecule has 0 saturated carbocycles. The lowest BCUT2D eigenvalue weighted by Crippen LogP contribution is -2.43. The first-order valence-electron chi connectivity index (χ1n) is 12.1. The number of aryl methyl sites for hydroxylation is 1. The lowest BCUT2D eigenvalue weighted by Gasteiger charge is -2.34. The van der Waals surface area contributed by atoms with E-state index in [-0.39, 0.29) is 43.7 Å². The fraction of sp³-hybridized carbons (Fsp3) is 0.458. The summed E-state index contributed by atoms with van der Waals surface area (Å²) in [6.45, 7) is 4.00. The highest BCUT2D eigenvalue weighted by atomic mass is 16.3. The zero-order valence-electron chi connectivity index (χ0n) is 20.4. The van der Waals surface area contributed by atoms with Crippen LogP contribution in [0.2, 0.25) is 0 Å². The van der Waals surface area contributed by atoms with Crippen molar-refractivity contribution in [2.45, 2.75) is 57.4 Å². The van der Waals surface area contributed by atoms with Crippen molar-refractivity contribution in [2.24, 2.45) is 0 Å². The number of benzene rings is 1. The van der Waals surface area contributed by atoms with E-state index < -0.39 is 17.7 Å². The molecule has 0 radical (unpaired) electrons. The molecule has 3 aromatic heterocycles. The third kappa shape index (κ3) is 4.22. The Bertz CT molecular complexity index is 1430. The van der Waals surface area contributed by atoms with Crippen molar-refractivity contribution < 1.29 is 15.0 Å². The quantitative estimate of drug-likeness (QED) is 0.314. The maximum Gasteiger partial charge on any atom is 0.242 e. The van der Waals surface area contributed by atoms with Crippen LogP contribution >= 0.6 is 0 Å². The maximum atomic E-state index is 13.7. The summed E-state index contributed by atoms with van der Waals surface area (Å²) in [7, 11) is 0. The Kier molecular flexibility index (Phi) is 6.00. The Hall–Kier alpha value is -3.77. The van der Waals surface area contributed by atoms with Crippen molar-refractivity contribution in [3.63, 3.8) is 0 Å². The number of likely N-dealkylation sites (tertiary alicyclic amines) is 1. The van der Waals surface area contributed by atoms with Crippen LogP contribution in [-0.4, -0.2) is 74.9 Å². The molecular weight excluding hydrogens is 462 g/mol. The third-order valence-corrected chi connectivity index (χ3v) is 6.85. The predicted octanol–water partition coefficient (Wildman–Crippen LogP) is 0.878. The summed E-state index contributed by atoms with van der Waals surface area (Å²) in [5, 5.41) is 22.1. The number of nitrogens with two attached hydrogens (primary N) is 2. The molecule has 4 aromatic rings. The van der Waals surface area contributed by atoms with Gasteiger partial charge in [-0.3, -0.25) is 4.79 Å². The van der Waals surface area contributed by atoms with E-state index in [9.17, 15) is 15.0 Å². The van der Waals surface area contributed by atoms with E-state index in [2.05, 4.69) is 21.9 Å². The van der Waals surface area contributed by atoms with E-state index >= 15 is 0 Å². The number of β-amino-alcohol motifs (C(OH)–C–C–N with tert-alkyl or cyclic N) is 1. The smallest absolute Gasteiger partial charge is 0.242 e. The van der Waals surface area contributed by atoms with Gasteiger partial charge >= 0.3 is 0 Å². The summed E-state index contributed by atoms with van der Waals surface area (Å²) in [5.41, 5.74) is 12.9. The van der Waals surface area contributed by atoms with Gasteiger partial charge in [-0.1, -0.05) is 19.1 Å². The number of hydrogen-bond acceptors (Lipinski definition) is 9. The summed E-state index contributed by atoms with van der Waals surface area (Å²) in [6.07, 6.45) is 2.30. The molecule has 1 aliphatic rings. The van der Waals surface area contributed by atoms with Gasteiger partial charge in [0.15, 0.2) is 11.5 Å². The molecule has 4 heterocycles. The van der Waals surface area contributed by atoms with Gasteiger partial charge in [0, 0.05) is 25.9 Å². The first-order valence-corrected chi connectivity index (χ1v) is 12.1. The van der Waals surface area contributed by atoms with E-state index in [1.165, 1.54) is 6.33 Å². The summed E-state index contributed by atoms with van der Waals surface area (Å²) >= 11 is 0. The predicted molar refractivity (Wildman–Crippen MR) is 135 cm³/mol. The number of carbonyl (C=O) groups excluding carboxylic acids is 1. The molecule has 1 aromatic carbocycles. The van der Waals surface area contributed by atoms with Gasteiger partial charge in [-0.05, 0) is 25.5 Å². The Labute approximate surface area is 207 Å². The number of amides is 1. The number of anilines is 2. The van der Waals surface area contributed by atoms with Gasteiger partial charge in [0.1, 0.15) is 17.9 Å². The van der Waals surface area contributed by atoms with Crippen LogP contribution in [-0.2, 0) is 17.8 Å². The summed E-state index contributed by atoms with van der Waals surface area (Å²) in [6, 6.07) is 7.07. The highest BCUT2D eigenvalue weighted by molar-refractivity contribution is 5.83. The number of para-hydroxylation sites is 2. The Morgan fingerprint density at radius 1 is 1.19 bits per heavy atom. The molecule has 1 fully saturated rings. The Morgan fingerprint density at radius 3 is 2.75 bits per heavy atom. The summed E-state index contributed by atoms with van der Waals surface area (Å²) in [4.78, 5) is 32.5. The van der Waals surface area contributed by atoms with Gasteiger partial charge < -0.3 is 35.7 Å². The van der Waals surface area contributed by atoms with Crippen LogP contribution in [0.1, 0.15) is 38.6 Å². The molecule has 12 heteroatoms. The van der Waals surface area contributed by atoms with Crippen LogP contribution in [0.3, 0.4) is 0 Å². The number of rotatable bonds is 5. The van der Waals surface area contributed by atoms with Crippen molar-refractivity contribution >= 4 is 39.9 Å². The van der Waals surface area contributed by atoms with Crippen molar-refractivity contribution in [1.82, 2.24) is 34.0 Å². The molecule has 1 saturated heterocycles. The summed E-state index contributed by atoms with van der Waals surface area (Å²) in [5.74, 6) is 0.774. The minimum absolute atomic E-state index is 0.0154. The molecule has 0 aliphatic carbocycles. The van der Waals surface area contributed by atoms with Gasteiger partial charge in [0.05, 0.1) is 35.1 Å². The third-order valence-electron chi connectivity index (χ3n) is 6.85. The van der Waals surface area contributed by atoms with Crippen LogP contribution in [0.5, 0.6) is 0 Å². The van der Waals surface area contributed by atoms with E-state index in [4.69, 9.17) is 16.5 Å².